The molecule has 0 spiro atoms. The van der Waals surface area contributed by atoms with Crippen LogP contribution in [0.2, 0.25) is 0 Å². The summed E-state index contributed by atoms with van der Waals surface area (Å²) in [4.78, 5) is 0. The monoisotopic (exact) mass is 261 g/mol. The molecule has 0 radical (unpaired) electrons. The number of hydrogen-bond donors (Lipinski definition) is 2. The normalized spacial score (nSPS) is 25.3. The molecule has 1 aromatic rings. The van der Waals surface area contributed by atoms with E-state index in [4.69, 9.17) is 4.74 Å². The van der Waals surface area contributed by atoms with Gasteiger partial charge in [0.15, 0.2) is 0 Å². The van der Waals surface area contributed by atoms with Gasteiger partial charge in [0, 0.05) is 12.6 Å². The van der Waals surface area contributed by atoms with Crippen LogP contribution in [0.1, 0.15) is 44.1 Å². The van der Waals surface area contributed by atoms with Gasteiger partial charge in [-0.15, -0.1) is 0 Å². The topological polar surface area (TPSA) is 41.5 Å². The average Bonchev–Trinajstić information content (AvgIpc) is 3.21. The van der Waals surface area contributed by atoms with E-state index in [2.05, 4.69) is 17.4 Å². The van der Waals surface area contributed by atoms with Gasteiger partial charge in [0.2, 0.25) is 0 Å². The highest BCUT2D eigenvalue weighted by molar-refractivity contribution is 5.37. The summed E-state index contributed by atoms with van der Waals surface area (Å²) in [6.07, 6.45) is 4.32. The van der Waals surface area contributed by atoms with Gasteiger partial charge in [-0.1, -0.05) is 18.2 Å². The Balaban J connectivity index is 1.65. The minimum absolute atomic E-state index is 0.404. The second-order valence-electron chi connectivity index (χ2n) is 6.23. The van der Waals surface area contributed by atoms with E-state index in [0.29, 0.717) is 18.5 Å². The van der Waals surface area contributed by atoms with Crippen LogP contribution in [-0.4, -0.2) is 29.9 Å². The summed E-state index contributed by atoms with van der Waals surface area (Å²) >= 11 is 0. The van der Waals surface area contributed by atoms with E-state index in [0.717, 1.165) is 25.2 Å². The zero-order chi connectivity index (χ0) is 13.3. The molecule has 104 valence electrons. The smallest absolute Gasteiger partial charge is 0.122 e. The quantitative estimate of drug-likeness (QED) is 0.855. The van der Waals surface area contributed by atoms with Crippen molar-refractivity contribution < 1.29 is 9.84 Å². The molecule has 2 aliphatic rings. The summed E-state index contributed by atoms with van der Waals surface area (Å²) in [5, 5.41) is 14.0. The molecule has 3 rings (SSSR count). The van der Waals surface area contributed by atoms with Crippen LogP contribution >= 0.6 is 0 Å². The van der Waals surface area contributed by atoms with E-state index < -0.39 is 5.60 Å². The van der Waals surface area contributed by atoms with Crippen LogP contribution in [0.4, 0.5) is 0 Å². The summed E-state index contributed by atoms with van der Waals surface area (Å²) in [7, 11) is 0. The highest BCUT2D eigenvalue weighted by Crippen LogP contribution is 2.38. The molecule has 1 saturated carbocycles. The molecule has 1 aliphatic heterocycles. The summed E-state index contributed by atoms with van der Waals surface area (Å²) in [5.41, 5.74) is 0.609. The Labute approximate surface area is 115 Å². The first-order valence-corrected chi connectivity index (χ1v) is 7.31. The molecule has 19 heavy (non-hydrogen) atoms. The zero-order valence-corrected chi connectivity index (χ0v) is 11.6. The van der Waals surface area contributed by atoms with Crippen molar-refractivity contribution in [2.24, 2.45) is 0 Å². The molecule has 3 heteroatoms. The molecule has 1 fully saturated rings. The van der Waals surface area contributed by atoms with Crippen LogP contribution in [0.25, 0.3) is 0 Å². The summed E-state index contributed by atoms with van der Waals surface area (Å²) < 4.78 is 5.68. The Hall–Kier alpha value is -1.06. The van der Waals surface area contributed by atoms with Crippen molar-refractivity contribution in [1.29, 1.82) is 0 Å². The Morgan fingerprint density at radius 2 is 2.11 bits per heavy atom. The van der Waals surface area contributed by atoms with Crippen molar-refractivity contribution in [3.63, 3.8) is 0 Å². The lowest BCUT2D eigenvalue weighted by Gasteiger charge is -2.32. The van der Waals surface area contributed by atoms with Gasteiger partial charge in [0.1, 0.15) is 5.75 Å². The van der Waals surface area contributed by atoms with Crippen molar-refractivity contribution >= 4 is 0 Å². The Morgan fingerprint density at radius 3 is 2.89 bits per heavy atom. The lowest BCUT2D eigenvalue weighted by atomic mass is 9.83. The number of para-hydroxylation sites is 1. The molecule has 2 atom stereocenters. The molecule has 0 saturated heterocycles. The van der Waals surface area contributed by atoms with Gasteiger partial charge >= 0.3 is 0 Å². The largest absolute Gasteiger partial charge is 0.493 e. The zero-order valence-electron chi connectivity index (χ0n) is 11.6. The lowest BCUT2D eigenvalue weighted by Crippen LogP contribution is -2.40. The third-order valence-corrected chi connectivity index (χ3v) is 4.12. The van der Waals surface area contributed by atoms with E-state index >= 15 is 0 Å². The fraction of sp³-hybridized carbons (Fsp3) is 0.625. The van der Waals surface area contributed by atoms with E-state index in [-0.39, 0.29) is 0 Å². The van der Waals surface area contributed by atoms with E-state index in [1.807, 2.05) is 19.1 Å². The number of hydrogen-bond acceptors (Lipinski definition) is 3. The first-order valence-electron chi connectivity index (χ1n) is 7.31. The summed E-state index contributed by atoms with van der Waals surface area (Å²) in [6.45, 7) is 3.39. The second-order valence-corrected chi connectivity index (χ2v) is 6.23. The maximum atomic E-state index is 10.6. The first-order chi connectivity index (χ1) is 9.14. The molecule has 0 aromatic heterocycles. The average molecular weight is 261 g/mol. The highest BCUT2D eigenvalue weighted by Gasteiger charge is 2.31. The van der Waals surface area contributed by atoms with Gasteiger partial charge in [-0.3, -0.25) is 0 Å². The standard InChI is InChI=1S/C16H23NO2/c1-16(18,11-17-13-6-7-13)10-12-8-9-19-15-5-3-2-4-14(12)15/h2-5,12-13,17-18H,6-11H2,1H3. The molecule has 0 amide bonds. The molecule has 1 aromatic carbocycles. The van der Waals surface area contributed by atoms with Crippen molar-refractivity contribution in [2.75, 3.05) is 13.2 Å². The Kier molecular flexibility index (Phi) is 3.50. The number of fused-ring (bicyclic) bond motifs is 1. The van der Waals surface area contributed by atoms with Crippen LogP contribution in [0.15, 0.2) is 24.3 Å². The second kappa shape index (κ2) is 5.14. The first kappa shape index (κ1) is 12.9. The molecule has 1 aliphatic carbocycles. The maximum absolute atomic E-state index is 10.6. The van der Waals surface area contributed by atoms with Gasteiger partial charge in [-0.05, 0) is 50.2 Å². The maximum Gasteiger partial charge on any atom is 0.122 e. The molecule has 3 nitrogen and oxygen atoms in total. The predicted octanol–water partition coefficient (Wildman–Crippen LogP) is 2.45. The molecule has 0 bridgehead atoms. The molecular formula is C16H23NO2. The van der Waals surface area contributed by atoms with E-state index in [1.165, 1.54) is 18.4 Å². The number of aliphatic hydroxyl groups is 1. The number of rotatable bonds is 5. The Bertz CT molecular complexity index is 440. The molecular weight excluding hydrogens is 238 g/mol. The van der Waals surface area contributed by atoms with Crippen LogP contribution in [0.5, 0.6) is 5.75 Å². The lowest BCUT2D eigenvalue weighted by molar-refractivity contribution is 0.0385. The van der Waals surface area contributed by atoms with Crippen LogP contribution in [-0.2, 0) is 0 Å². The van der Waals surface area contributed by atoms with Crippen molar-refractivity contribution in [1.82, 2.24) is 5.32 Å². The van der Waals surface area contributed by atoms with Crippen LogP contribution < -0.4 is 10.1 Å². The van der Waals surface area contributed by atoms with E-state index in [1.54, 1.807) is 0 Å². The number of benzene rings is 1. The Morgan fingerprint density at radius 1 is 1.32 bits per heavy atom. The van der Waals surface area contributed by atoms with Crippen LogP contribution in [0, 0.1) is 0 Å². The van der Waals surface area contributed by atoms with Crippen molar-refractivity contribution in [3.8, 4) is 5.75 Å². The molecule has 2 unspecified atom stereocenters. The van der Waals surface area contributed by atoms with Gasteiger partial charge < -0.3 is 15.2 Å². The number of ether oxygens (including phenoxy) is 1. The fourth-order valence-electron chi connectivity index (χ4n) is 2.88. The molecule has 2 N–H and O–H groups in total. The van der Waals surface area contributed by atoms with Gasteiger partial charge in [-0.25, -0.2) is 0 Å². The van der Waals surface area contributed by atoms with Crippen molar-refractivity contribution in [3.05, 3.63) is 29.8 Å². The highest BCUT2D eigenvalue weighted by atomic mass is 16.5. The summed E-state index contributed by atoms with van der Waals surface area (Å²) in [6, 6.07) is 8.86. The summed E-state index contributed by atoms with van der Waals surface area (Å²) in [5.74, 6) is 1.39. The van der Waals surface area contributed by atoms with Gasteiger partial charge in [0.05, 0.1) is 12.2 Å². The number of nitrogens with one attached hydrogen (secondary N) is 1. The van der Waals surface area contributed by atoms with Gasteiger partial charge in [-0.2, -0.15) is 0 Å². The molecule has 1 heterocycles. The van der Waals surface area contributed by atoms with Crippen LogP contribution in [0.3, 0.4) is 0 Å². The fourth-order valence-corrected chi connectivity index (χ4v) is 2.88. The third kappa shape index (κ3) is 3.28. The SMILES string of the molecule is CC(O)(CNC1CC1)CC1CCOc2ccccc21. The van der Waals surface area contributed by atoms with Crippen molar-refractivity contribution in [2.45, 2.75) is 50.2 Å². The van der Waals surface area contributed by atoms with E-state index in [9.17, 15) is 5.11 Å². The van der Waals surface area contributed by atoms with Gasteiger partial charge in [0.25, 0.3) is 0 Å². The third-order valence-electron chi connectivity index (χ3n) is 4.12. The minimum Gasteiger partial charge on any atom is -0.493 e. The predicted molar refractivity (Wildman–Crippen MR) is 75.6 cm³/mol. The minimum atomic E-state index is -0.641.